The number of anilines is 1. The lowest BCUT2D eigenvalue weighted by atomic mass is 10.1. The number of rotatable bonds is 7. The highest BCUT2D eigenvalue weighted by atomic mass is 32.2. The fraction of sp³-hybridized carbons (Fsp3) is 0.471. The van der Waals surface area contributed by atoms with Gasteiger partial charge in [-0.3, -0.25) is 9.59 Å². The zero-order valence-corrected chi connectivity index (χ0v) is 14.7. The van der Waals surface area contributed by atoms with Crippen molar-refractivity contribution in [2.24, 2.45) is 0 Å². The Morgan fingerprint density at radius 2 is 2.21 bits per heavy atom. The quantitative estimate of drug-likeness (QED) is 0.760. The summed E-state index contributed by atoms with van der Waals surface area (Å²) in [4.78, 5) is 37.8. The Labute approximate surface area is 145 Å². The van der Waals surface area contributed by atoms with Crippen LogP contribution in [0.3, 0.4) is 0 Å². The summed E-state index contributed by atoms with van der Waals surface area (Å²) in [5.74, 6) is 0.00535. The molecule has 1 aromatic rings. The maximum atomic E-state index is 12.5. The molecule has 1 aliphatic rings. The maximum absolute atomic E-state index is 12.5. The number of thioether (sulfide) groups is 1. The summed E-state index contributed by atoms with van der Waals surface area (Å²) in [6.45, 7) is 0.669. The summed E-state index contributed by atoms with van der Waals surface area (Å²) in [5.41, 5.74) is 1.13. The Bertz CT molecular complexity index is 620. The molecule has 0 spiro atoms. The van der Waals surface area contributed by atoms with Crippen molar-refractivity contribution in [2.45, 2.75) is 25.3 Å². The van der Waals surface area contributed by atoms with E-state index in [2.05, 4.69) is 5.32 Å². The molecular weight excluding hydrogens is 328 g/mol. The second-order valence-corrected chi connectivity index (χ2v) is 6.52. The number of amides is 2. The van der Waals surface area contributed by atoms with Crippen LogP contribution in [0.4, 0.5) is 5.69 Å². The highest BCUT2D eigenvalue weighted by Gasteiger charge is 2.24. The van der Waals surface area contributed by atoms with E-state index < -0.39 is 12.0 Å². The Kier molecular flexibility index (Phi) is 6.66. The molecule has 6 nitrogen and oxygen atoms in total. The molecule has 7 heteroatoms. The lowest BCUT2D eigenvalue weighted by molar-refractivity contribution is -0.142. The van der Waals surface area contributed by atoms with E-state index in [4.69, 9.17) is 4.74 Å². The molecule has 1 aliphatic heterocycles. The van der Waals surface area contributed by atoms with Crippen LogP contribution >= 0.6 is 11.8 Å². The van der Waals surface area contributed by atoms with Gasteiger partial charge in [0.15, 0.2) is 0 Å². The number of ether oxygens (including phenoxy) is 1. The molecule has 0 aliphatic carbocycles. The number of carbonyl (C=O) groups is 3. The van der Waals surface area contributed by atoms with Gasteiger partial charge < -0.3 is 15.0 Å². The summed E-state index contributed by atoms with van der Waals surface area (Å²) in [6.07, 6.45) is 3.81. The molecule has 1 atom stereocenters. The van der Waals surface area contributed by atoms with Crippen LogP contribution in [0.15, 0.2) is 24.3 Å². The predicted molar refractivity (Wildman–Crippen MR) is 94.3 cm³/mol. The van der Waals surface area contributed by atoms with Gasteiger partial charge in [0.25, 0.3) is 5.91 Å². The topological polar surface area (TPSA) is 75.7 Å². The van der Waals surface area contributed by atoms with Gasteiger partial charge in [0.2, 0.25) is 5.91 Å². The summed E-state index contributed by atoms with van der Waals surface area (Å²) < 4.78 is 4.75. The fourth-order valence-electron chi connectivity index (χ4n) is 2.60. The van der Waals surface area contributed by atoms with Crippen molar-refractivity contribution < 1.29 is 19.1 Å². The van der Waals surface area contributed by atoms with E-state index in [1.807, 2.05) is 12.3 Å². The van der Waals surface area contributed by atoms with Crippen LogP contribution in [0.25, 0.3) is 0 Å². The van der Waals surface area contributed by atoms with Crippen LogP contribution in [-0.4, -0.2) is 49.5 Å². The molecule has 2 rings (SSSR count). The van der Waals surface area contributed by atoms with Gasteiger partial charge >= 0.3 is 5.97 Å². The fourth-order valence-corrected chi connectivity index (χ4v) is 3.08. The summed E-state index contributed by atoms with van der Waals surface area (Å²) in [7, 11) is 1.31. The number of esters is 1. The largest absolute Gasteiger partial charge is 0.467 e. The third-order valence-electron chi connectivity index (χ3n) is 3.90. The first kappa shape index (κ1) is 18.3. The van der Waals surface area contributed by atoms with Gasteiger partial charge in [0, 0.05) is 24.2 Å². The van der Waals surface area contributed by atoms with E-state index >= 15 is 0 Å². The van der Waals surface area contributed by atoms with Gasteiger partial charge in [-0.2, -0.15) is 11.8 Å². The molecule has 0 aromatic heterocycles. The van der Waals surface area contributed by atoms with E-state index in [1.54, 1.807) is 34.9 Å². The number of nitrogens with zero attached hydrogens (tertiary/aromatic N) is 1. The summed E-state index contributed by atoms with van der Waals surface area (Å²) >= 11 is 1.60. The smallest absolute Gasteiger partial charge is 0.328 e. The van der Waals surface area contributed by atoms with Crippen molar-refractivity contribution in [3.8, 4) is 0 Å². The van der Waals surface area contributed by atoms with Gasteiger partial charge in [-0.05, 0) is 43.0 Å². The van der Waals surface area contributed by atoms with Crippen molar-refractivity contribution in [3.05, 3.63) is 29.8 Å². The van der Waals surface area contributed by atoms with Crippen molar-refractivity contribution in [1.82, 2.24) is 5.32 Å². The number of benzene rings is 1. The zero-order chi connectivity index (χ0) is 17.5. The lowest BCUT2D eigenvalue weighted by Crippen LogP contribution is -2.42. The van der Waals surface area contributed by atoms with Crippen molar-refractivity contribution in [1.29, 1.82) is 0 Å². The minimum absolute atomic E-state index is 0.0694. The van der Waals surface area contributed by atoms with E-state index in [9.17, 15) is 14.4 Å². The third-order valence-corrected chi connectivity index (χ3v) is 4.54. The molecule has 2 amide bonds. The number of hydrogen-bond acceptors (Lipinski definition) is 5. The molecule has 1 heterocycles. The molecular formula is C17H22N2O4S. The molecule has 1 fully saturated rings. The number of methoxy groups -OCH3 is 1. The van der Waals surface area contributed by atoms with Gasteiger partial charge in [-0.15, -0.1) is 0 Å². The predicted octanol–water partition coefficient (Wildman–Crippen LogP) is 1.84. The highest BCUT2D eigenvalue weighted by molar-refractivity contribution is 7.98. The molecule has 1 aromatic carbocycles. The summed E-state index contributed by atoms with van der Waals surface area (Å²) in [6, 6.07) is 6.23. The first-order valence-corrected chi connectivity index (χ1v) is 9.24. The number of hydrogen-bond donors (Lipinski definition) is 1. The maximum Gasteiger partial charge on any atom is 0.328 e. The van der Waals surface area contributed by atoms with Crippen molar-refractivity contribution >= 4 is 35.2 Å². The lowest BCUT2D eigenvalue weighted by Gasteiger charge is -2.18. The van der Waals surface area contributed by atoms with Crippen LogP contribution in [0.5, 0.6) is 0 Å². The minimum Gasteiger partial charge on any atom is -0.467 e. The minimum atomic E-state index is -0.674. The summed E-state index contributed by atoms with van der Waals surface area (Å²) in [5, 5.41) is 2.72. The van der Waals surface area contributed by atoms with E-state index in [-0.39, 0.29) is 11.8 Å². The Hall–Kier alpha value is -2.02. The third kappa shape index (κ3) is 4.50. The van der Waals surface area contributed by atoms with Crippen LogP contribution in [-0.2, 0) is 14.3 Å². The monoisotopic (exact) mass is 350 g/mol. The molecule has 0 radical (unpaired) electrons. The normalized spacial score (nSPS) is 15.2. The molecule has 24 heavy (non-hydrogen) atoms. The van der Waals surface area contributed by atoms with Crippen LogP contribution < -0.4 is 10.2 Å². The van der Waals surface area contributed by atoms with Crippen molar-refractivity contribution in [2.75, 3.05) is 30.6 Å². The molecule has 0 unspecified atom stereocenters. The van der Waals surface area contributed by atoms with Gasteiger partial charge in [0.05, 0.1) is 7.11 Å². The van der Waals surface area contributed by atoms with E-state index in [1.165, 1.54) is 7.11 Å². The van der Waals surface area contributed by atoms with Crippen LogP contribution in [0.2, 0.25) is 0 Å². The Balaban J connectivity index is 2.10. The second-order valence-electron chi connectivity index (χ2n) is 5.53. The molecule has 0 bridgehead atoms. The van der Waals surface area contributed by atoms with Gasteiger partial charge in [-0.1, -0.05) is 6.07 Å². The first-order valence-electron chi connectivity index (χ1n) is 7.85. The van der Waals surface area contributed by atoms with Crippen LogP contribution in [0, 0.1) is 0 Å². The number of nitrogens with one attached hydrogen (secondary N) is 1. The SMILES string of the molecule is COC(=O)[C@@H](CCSC)NC(=O)c1cccc(N2CCCC2=O)c1. The van der Waals surface area contributed by atoms with E-state index in [0.29, 0.717) is 30.6 Å². The van der Waals surface area contributed by atoms with Gasteiger partial charge in [-0.25, -0.2) is 4.79 Å². The standard InChI is InChI=1S/C17H22N2O4S/c1-23-17(22)14(8-10-24-2)18-16(21)12-5-3-6-13(11-12)19-9-4-7-15(19)20/h3,5-6,11,14H,4,7-10H2,1-2H3,(H,18,21)/t14-/m1/s1. The Morgan fingerprint density at radius 3 is 2.83 bits per heavy atom. The molecule has 1 N–H and O–H groups in total. The molecule has 130 valence electrons. The van der Waals surface area contributed by atoms with Crippen molar-refractivity contribution in [3.63, 3.8) is 0 Å². The van der Waals surface area contributed by atoms with Crippen LogP contribution in [0.1, 0.15) is 29.6 Å². The second kappa shape index (κ2) is 8.73. The Morgan fingerprint density at radius 1 is 1.42 bits per heavy atom. The first-order chi connectivity index (χ1) is 11.6. The highest BCUT2D eigenvalue weighted by Crippen LogP contribution is 2.22. The average Bonchev–Trinajstić information content (AvgIpc) is 3.03. The van der Waals surface area contributed by atoms with Gasteiger partial charge in [0.1, 0.15) is 6.04 Å². The average molecular weight is 350 g/mol. The number of carbonyl (C=O) groups excluding carboxylic acids is 3. The molecule has 1 saturated heterocycles. The molecule has 0 saturated carbocycles. The zero-order valence-electron chi connectivity index (χ0n) is 13.9. The van der Waals surface area contributed by atoms with E-state index in [0.717, 1.165) is 12.2 Å².